The summed E-state index contributed by atoms with van der Waals surface area (Å²) in [6.45, 7) is 1.99. The number of allylic oxidation sites excluding steroid dienone is 1. The maximum absolute atomic E-state index is 9.69. The Kier molecular flexibility index (Phi) is 4.05. The first-order chi connectivity index (χ1) is 9.49. The van der Waals surface area contributed by atoms with Gasteiger partial charge < -0.3 is 15.3 Å². The summed E-state index contributed by atoms with van der Waals surface area (Å²) in [6.07, 6.45) is 3.08. The molecule has 0 spiro atoms. The van der Waals surface area contributed by atoms with Gasteiger partial charge in [-0.15, -0.1) is 0 Å². The van der Waals surface area contributed by atoms with Crippen LogP contribution < -0.4 is 0 Å². The van der Waals surface area contributed by atoms with E-state index in [1.165, 1.54) is 18.2 Å². The zero-order chi connectivity index (χ0) is 14.7. The molecule has 2 aromatic rings. The lowest BCUT2D eigenvalue weighted by Gasteiger charge is -2.05. The van der Waals surface area contributed by atoms with Crippen molar-refractivity contribution in [1.82, 2.24) is 0 Å². The van der Waals surface area contributed by atoms with Crippen LogP contribution in [0, 0.1) is 6.92 Å². The molecule has 0 aliphatic heterocycles. The van der Waals surface area contributed by atoms with E-state index in [4.69, 9.17) is 12.2 Å². The van der Waals surface area contributed by atoms with E-state index >= 15 is 0 Å². The molecule has 0 radical (unpaired) electrons. The van der Waals surface area contributed by atoms with Crippen LogP contribution in [0.15, 0.2) is 42.5 Å². The molecule has 102 valence electrons. The molecule has 0 aliphatic carbocycles. The van der Waals surface area contributed by atoms with Crippen molar-refractivity contribution in [2.45, 2.75) is 6.92 Å². The molecule has 0 bridgehead atoms. The molecule has 20 heavy (non-hydrogen) atoms. The van der Waals surface area contributed by atoms with E-state index in [9.17, 15) is 15.3 Å². The van der Waals surface area contributed by atoms with Crippen LogP contribution in [0.25, 0.3) is 6.08 Å². The molecule has 0 atom stereocenters. The first-order valence-electron chi connectivity index (χ1n) is 6.02. The number of thiocarbonyl (C=S) groups is 1. The van der Waals surface area contributed by atoms with Gasteiger partial charge in [-0.05, 0) is 36.8 Å². The number of phenolic OH excluding ortho intramolecular Hbond substituents is 3. The average Bonchev–Trinajstić information content (AvgIpc) is 2.43. The van der Waals surface area contributed by atoms with Gasteiger partial charge in [0.25, 0.3) is 0 Å². The lowest BCUT2D eigenvalue weighted by molar-refractivity contribution is 0.395. The van der Waals surface area contributed by atoms with E-state index in [0.29, 0.717) is 4.86 Å². The number of rotatable bonds is 3. The Hall–Kier alpha value is -2.33. The highest BCUT2D eigenvalue weighted by Gasteiger charge is 2.09. The van der Waals surface area contributed by atoms with Crippen LogP contribution in [-0.2, 0) is 0 Å². The predicted octanol–water partition coefficient (Wildman–Crippen LogP) is 3.54. The van der Waals surface area contributed by atoms with E-state index in [1.807, 2.05) is 31.2 Å². The number of aromatic hydroxyl groups is 3. The fourth-order valence-electron chi connectivity index (χ4n) is 1.72. The largest absolute Gasteiger partial charge is 0.507 e. The molecule has 0 heterocycles. The van der Waals surface area contributed by atoms with Gasteiger partial charge in [-0.25, -0.2) is 0 Å². The molecule has 0 saturated heterocycles. The Labute approximate surface area is 122 Å². The van der Waals surface area contributed by atoms with E-state index < -0.39 is 0 Å². The number of hydrogen-bond acceptors (Lipinski definition) is 4. The van der Waals surface area contributed by atoms with Crippen molar-refractivity contribution in [3.8, 4) is 17.2 Å². The quantitative estimate of drug-likeness (QED) is 0.265. The molecular weight excluding hydrogens is 272 g/mol. The van der Waals surface area contributed by atoms with Gasteiger partial charge in [0, 0.05) is 4.86 Å². The normalized spacial score (nSPS) is 10.8. The van der Waals surface area contributed by atoms with Gasteiger partial charge in [0.05, 0.1) is 5.56 Å². The van der Waals surface area contributed by atoms with E-state index in [0.717, 1.165) is 11.1 Å². The number of aryl methyl sites for hydroxylation is 1. The molecule has 0 unspecified atom stereocenters. The third-order valence-corrected chi connectivity index (χ3v) is 3.28. The van der Waals surface area contributed by atoms with Crippen LogP contribution in [0.4, 0.5) is 0 Å². The summed E-state index contributed by atoms with van der Waals surface area (Å²) in [5.41, 5.74) is 2.16. The highest BCUT2D eigenvalue weighted by atomic mass is 32.1. The standard InChI is InChI=1S/C16H14O3S/c1-10-2-4-11(5-3-10)15(20)9-6-12-13(17)7-8-14(18)16(12)19/h2-9,17-19H,1H3. The van der Waals surface area contributed by atoms with E-state index in [-0.39, 0.29) is 22.8 Å². The van der Waals surface area contributed by atoms with E-state index in [2.05, 4.69) is 0 Å². The molecular formula is C16H14O3S. The third kappa shape index (κ3) is 2.97. The van der Waals surface area contributed by atoms with Gasteiger partial charge in [0.15, 0.2) is 11.5 Å². The fraction of sp³-hybridized carbons (Fsp3) is 0.0625. The van der Waals surface area contributed by atoms with Crippen LogP contribution in [0.5, 0.6) is 17.2 Å². The summed E-state index contributed by atoms with van der Waals surface area (Å²) >= 11 is 5.27. The molecule has 0 fully saturated rings. The number of benzene rings is 2. The van der Waals surface area contributed by atoms with Crippen molar-refractivity contribution in [2.24, 2.45) is 0 Å². The maximum Gasteiger partial charge on any atom is 0.168 e. The summed E-state index contributed by atoms with van der Waals surface area (Å²) in [5.74, 6) is -0.778. The fourth-order valence-corrected chi connectivity index (χ4v) is 1.93. The lowest BCUT2D eigenvalue weighted by Crippen LogP contribution is -1.92. The molecule has 3 nitrogen and oxygen atoms in total. The number of phenols is 3. The Morgan fingerprint density at radius 2 is 1.55 bits per heavy atom. The zero-order valence-electron chi connectivity index (χ0n) is 10.9. The van der Waals surface area contributed by atoms with Crippen molar-refractivity contribution < 1.29 is 15.3 Å². The second kappa shape index (κ2) is 5.75. The zero-order valence-corrected chi connectivity index (χ0v) is 11.7. The first kappa shape index (κ1) is 14.1. The molecule has 2 rings (SSSR count). The van der Waals surface area contributed by atoms with Crippen molar-refractivity contribution in [3.05, 3.63) is 59.2 Å². The Morgan fingerprint density at radius 1 is 0.950 bits per heavy atom. The minimum atomic E-state index is -0.368. The Bertz CT molecular complexity index is 673. The molecule has 3 N–H and O–H groups in total. The third-order valence-electron chi connectivity index (χ3n) is 2.91. The predicted molar refractivity (Wildman–Crippen MR) is 83.3 cm³/mol. The summed E-state index contributed by atoms with van der Waals surface area (Å²) in [4.78, 5) is 0.576. The maximum atomic E-state index is 9.69. The van der Waals surface area contributed by atoms with Gasteiger partial charge in [0.1, 0.15) is 5.75 Å². The highest BCUT2D eigenvalue weighted by Crippen LogP contribution is 2.35. The number of hydrogen-bond donors (Lipinski definition) is 3. The molecule has 2 aromatic carbocycles. The van der Waals surface area contributed by atoms with Crippen LogP contribution >= 0.6 is 12.2 Å². The summed E-state index contributed by atoms with van der Waals surface area (Å²) < 4.78 is 0. The Morgan fingerprint density at radius 3 is 2.20 bits per heavy atom. The van der Waals surface area contributed by atoms with Gasteiger partial charge in [-0.3, -0.25) is 0 Å². The second-order valence-electron chi connectivity index (χ2n) is 4.43. The van der Waals surface area contributed by atoms with Crippen LogP contribution in [0.2, 0.25) is 0 Å². The topological polar surface area (TPSA) is 60.7 Å². The molecule has 0 amide bonds. The average molecular weight is 286 g/mol. The van der Waals surface area contributed by atoms with Crippen molar-refractivity contribution >= 4 is 23.2 Å². The van der Waals surface area contributed by atoms with Crippen LogP contribution in [0.1, 0.15) is 16.7 Å². The minimum Gasteiger partial charge on any atom is -0.507 e. The molecule has 0 aliphatic rings. The van der Waals surface area contributed by atoms with Gasteiger partial charge in [-0.2, -0.15) is 0 Å². The van der Waals surface area contributed by atoms with Gasteiger partial charge in [-0.1, -0.05) is 42.0 Å². The van der Waals surface area contributed by atoms with Gasteiger partial charge in [0.2, 0.25) is 0 Å². The van der Waals surface area contributed by atoms with Crippen molar-refractivity contribution in [1.29, 1.82) is 0 Å². The molecule has 4 heteroatoms. The second-order valence-corrected chi connectivity index (χ2v) is 4.87. The lowest BCUT2D eigenvalue weighted by atomic mass is 10.1. The van der Waals surface area contributed by atoms with Crippen LogP contribution in [-0.4, -0.2) is 20.2 Å². The van der Waals surface area contributed by atoms with E-state index in [1.54, 1.807) is 6.08 Å². The van der Waals surface area contributed by atoms with Crippen molar-refractivity contribution in [2.75, 3.05) is 0 Å². The monoisotopic (exact) mass is 286 g/mol. The first-order valence-corrected chi connectivity index (χ1v) is 6.43. The summed E-state index contributed by atoms with van der Waals surface area (Å²) in [7, 11) is 0. The van der Waals surface area contributed by atoms with Crippen LogP contribution in [0.3, 0.4) is 0 Å². The Balaban J connectivity index is 2.28. The minimum absolute atomic E-state index is 0.122. The van der Waals surface area contributed by atoms with Gasteiger partial charge >= 0.3 is 0 Å². The molecule has 0 saturated carbocycles. The SMILES string of the molecule is Cc1ccc(C(=S)C=Cc2c(O)ccc(O)c2O)cc1. The highest BCUT2D eigenvalue weighted by molar-refractivity contribution is 7.81. The smallest absolute Gasteiger partial charge is 0.168 e. The molecule has 0 aromatic heterocycles. The summed E-state index contributed by atoms with van der Waals surface area (Å²) in [5, 5.41) is 28.8. The van der Waals surface area contributed by atoms with Crippen molar-refractivity contribution in [3.63, 3.8) is 0 Å². The summed E-state index contributed by atoms with van der Waals surface area (Å²) in [6, 6.07) is 10.3.